The first kappa shape index (κ1) is 11.9. The van der Waals surface area contributed by atoms with Crippen molar-refractivity contribution in [2.24, 2.45) is 0 Å². The summed E-state index contributed by atoms with van der Waals surface area (Å²) in [6.45, 7) is 2.17. The smallest absolute Gasteiger partial charge is 0.174 e. The number of aryl methyl sites for hydroxylation is 1. The number of hydrogen-bond donors (Lipinski definition) is 2. The minimum absolute atomic E-state index is 0.223. The highest BCUT2D eigenvalue weighted by Gasteiger charge is 2.08. The molecule has 4 nitrogen and oxygen atoms in total. The van der Waals surface area contributed by atoms with Gasteiger partial charge in [-0.1, -0.05) is 23.1 Å². The number of rotatable bonds is 6. The largest absolute Gasteiger partial charge is 0.396 e. The van der Waals surface area contributed by atoms with Crippen LogP contribution >= 0.6 is 23.1 Å². The van der Waals surface area contributed by atoms with Crippen LogP contribution in [0.25, 0.3) is 0 Å². The number of thioether (sulfide) groups is 1. The lowest BCUT2D eigenvalue weighted by molar-refractivity contribution is 0.273. The van der Waals surface area contributed by atoms with Gasteiger partial charge in [-0.15, -0.1) is 10.2 Å². The van der Waals surface area contributed by atoms with Gasteiger partial charge in [0.2, 0.25) is 0 Å². The number of aromatic nitrogens is 2. The molecule has 0 aliphatic heterocycles. The molecule has 14 heavy (non-hydrogen) atoms. The van der Waals surface area contributed by atoms with Crippen LogP contribution in [0.3, 0.4) is 0 Å². The SMILES string of the molecule is CNC(CCO)CSc1nnc(C)s1. The molecule has 1 heterocycles. The van der Waals surface area contributed by atoms with Gasteiger partial charge in [-0.3, -0.25) is 0 Å². The standard InChI is InChI=1S/C8H15N3OS2/c1-6-10-11-8(14-6)13-5-7(9-2)3-4-12/h7,9,12H,3-5H2,1-2H3. The van der Waals surface area contributed by atoms with E-state index in [0.29, 0.717) is 6.04 Å². The summed E-state index contributed by atoms with van der Waals surface area (Å²) in [6.07, 6.45) is 0.779. The molecular weight excluding hydrogens is 218 g/mol. The first-order valence-corrected chi connectivity index (χ1v) is 6.27. The molecule has 1 aromatic rings. The fraction of sp³-hybridized carbons (Fsp3) is 0.750. The topological polar surface area (TPSA) is 58.0 Å². The summed E-state index contributed by atoms with van der Waals surface area (Å²) >= 11 is 3.29. The molecular formula is C8H15N3OS2. The van der Waals surface area contributed by atoms with Crippen LogP contribution in [-0.2, 0) is 0 Å². The number of nitrogens with zero attached hydrogens (tertiary/aromatic N) is 2. The average molecular weight is 233 g/mol. The number of aliphatic hydroxyl groups is 1. The Balaban J connectivity index is 2.31. The van der Waals surface area contributed by atoms with Crippen molar-refractivity contribution in [3.05, 3.63) is 5.01 Å². The zero-order valence-electron chi connectivity index (χ0n) is 8.36. The van der Waals surface area contributed by atoms with Crippen molar-refractivity contribution in [3.63, 3.8) is 0 Å². The van der Waals surface area contributed by atoms with Crippen molar-refractivity contribution in [3.8, 4) is 0 Å². The molecule has 2 N–H and O–H groups in total. The van der Waals surface area contributed by atoms with Crippen molar-refractivity contribution in [1.29, 1.82) is 0 Å². The third-order valence-electron chi connectivity index (χ3n) is 1.80. The second kappa shape index (κ2) is 6.34. The van der Waals surface area contributed by atoms with Gasteiger partial charge < -0.3 is 10.4 Å². The van der Waals surface area contributed by atoms with Crippen molar-refractivity contribution in [2.75, 3.05) is 19.4 Å². The molecule has 0 saturated carbocycles. The number of aliphatic hydroxyl groups excluding tert-OH is 1. The lowest BCUT2D eigenvalue weighted by Crippen LogP contribution is -2.28. The van der Waals surface area contributed by atoms with Gasteiger partial charge in [-0.25, -0.2) is 0 Å². The van der Waals surface area contributed by atoms with E-state index in [-0.39, 0.29) is 6.61 Å². The van der Waals surface area contributed by atoms with Crippen LogP contribution in [0, 0.1) is 6.92 Å². The monoisotopic (exact) mass is 233 g/mol. The van der Waals surface area contributed by atoms with Crippen molar-refractivity contribution < 1.29 is 5.11 Å². The molecule has 0 saturated heterocycles. The Morgan fingerprint density at radius 3 is 2.86 bits per heavy atom. The maximum atomic E-state index is 8.79. The molecule has 0 aromatic carbocycles. The maximum Gasteiger partial charge on any atom is 0.174 e. The Kier molecular flexibility index (Phi) is 5.39. The van der Waals surface area contributed by atoms with Gasteiger partial charge in [0.05, 0.1) is 0 Å². The number of nitrogens with one attached hydrogen (secondary N) is 1. The molecule has 0 spiro atoms. The third kappa shape index (κ3) is 3.91. The minimum Gasteiger partial charge on any atom is -0.396 e. The highest BCUT2D eigenvalue weighted by molar-refractivity contribution is 8.01. The minimum atomic E-state index is 0.223. The molecule has 1 aromatic heterocycles. The predicted octanol–water partition coefficient (Wildman–Crippen LogP) is 0.909. The highest BCUT2D eigenvalue weighted by atomic mass is 32.2. The molecule has 0 radical (unpaired) electrons. The van der Waals surface area contributed by atoms with Crippen LogP contribution in [-0.4, -0.2) is 40.8 Å². The molecule has 1 rings (SSSR count). The van der Waals surface area contributed by atoms with Gasteiger partial charge in [0.25, 0.3) is 0 Å². The number of hydrogen-bond acceptors (Lipinski definition) is 6. The zero-order chi connectivity index (χ0) is 10.4. The first-order valence-electron chi connectivity index (χ1n) is 4.47. The van der Waals surface area contributed by atoms with E-state index in [9.17, 15) is 0 Å². The Bertz CT molecular complexity index is 267. The maximum absolute atomic E-state index is 8.79. The third-order valence-corrected chi connectivity index (χ3v) is 3.94. The van der Waals surface area contributed by atoms with Gasteiger partial charge in [0, 0.05) is 18.4 Å². The summed E-state index contributed by atoms with van der Waals surface area (Å²) in [5.74, 6) is 0.922. The molecule has 0 aliphatic rings. The second-order valence-electron chi connectivity index (χ2n) is 2.90. The van der Waals surface area contributed by atoms with E-state index in [2.05, 4.69) is 15.5 Å². The molecule has 0 amide bonds. The van der Waals surface area contributed by atoms with Crippen LogP contribution in [0.5, 0.6) is 0 Å². The summed E-state index contributed by atoms with van der Waals surface area (Å²) in [4.78, 5) is 0. The first-order chi connectivity index (χ1) is 6.76. The van der Waals surface area contributed by atoms with Crippen LogP contribution in [0.4, 0.5) is 0 Å². The molecule has 1 atom stereocenters. The second-order valence-corrected chi connectivity index (χ2v) is 5.34. The van der Waals surface area contributed by atoms with Crippen molar-refractivity contribution in [2.45, 2.75) is 23.7 Å². The summed E-state index contributed by atoms with van der Waals surface area (Å²) in [5, 5.41) is 20.9. The van der Waals surface area contributed by atoms with Crippen LogP contribution < -0.4 is 5.32 Å². The lowest BCUT2D eigenvalue weighted by atomic mass is 10.2. The van der Waals surface area contributed by atoms with Gasteiger partial charge in [0.15, 0.2) is 4.34 Å². The average Bonchev–Trinajstić information content (AvgIpc) is 2.59. The Morgan fingerprint density at radius 1 is 1.57 bits per heavy atom. The van der Waals surface area contributed by atoms with E-state index in [0.717, 1.165) is 21.5 Å². The summed E-state index contributed by atoms with van der Waals surface area (Å²) in [5.41, 5.74) is 0. The molecule has 80 valence electrons. The molecule has 6 heteroatoms. The van der Waals surface area contributed by atoms with Crippen molar-refractivity contribution >= 4 is 23.1 Å². The van der Waals surface area contributed by atoms with Crippen molar-refractivity contribution in [1.82, 2.24) is 15.5 Å². The van der Waals surface area contributed by atoms with Gasteiger partial charge >= 0.3 is 0 Å². The Morgan fingerprint density at radius 2 is 2.36 bits per heavy atom. The van der Waals surface area contributed by atoms with E-state index in [1.54, 1.807) is 23.1 Å². The lowest BCUT2D eigenvalue weighted by Gasteiger charge is -2.12. The van der Waals surface area contributed by atoms with Gasteiger partial charge in [-0.05, 0) is 20.4 Å². The predicted molar refractivity (Wildman–Crippen MR) is 59.9 cm³/mol. The molecule has 0 bridgehead atoms. The molecule has 0 aliphatic carbocycles. The van der Waals surface area contributed by atoms with Crippen LogP contribution in [0.1, 0.15) is 11.4 Å². The zero-order valence-corrected chi connectivity index (χ0v) is 9.99. The van der Waals surface area contributed by atoms with E-state index in [1.807, 2.05) is 14.0 Å². The van der Waals surface area contributed by atoms with E-state index in [1.165, 1.54) is 0 Å². The normalized spacial score (nSPS) is 13.1. The van der Waals surface area contributed by atoms with Gasteiger partial charge in [-0.2, -0.15) is 0 Å². The summed E-state index contributed by atoms with van der Waals surface area (Å²) in [7, 11) is 1.91. The fourth-order valence-corrected chi connectivity index (χ4v) is 2.97. The summed E-state index contributed by atoms with van der Waals surface area (Å²) in [6, 6.07) is 0.342. The van der Waals surface area contributed by atoms with Crippen LogP contribution in [0.2, 0.25) is 0 Å². The Hall–Kier alpha value is -0.170. The van der Waals surface area contributed by atoms with E-state index < -0.39 is 0 Å². The van der Waals surface area contributed by atoms with Crippen LogP contribution in [0.15, 0.2) is 4.34 Å². The van der Waals surface area contributed by atoms with Gasteiger partial charge in [0.1, 0.15) is 5.01 Å². The molecule has 1 unspecified atom stereocenters. The quantitative estimate of drug-likeness (QED) is 0.715. The Labute approximate surface area is 92.1 Å². The molecule has 0 fully saturated rings. The fourth-order valence-electron chi connectivity index (χ4n) is 0.975. The highest BCUT2D eigenvalue weighted by Crippen LogP contribution is 2.22. The summed E-state index contributed by atoms with van der Waals surface area (Å²) < 4.78 is 1.00. The van der Waals surface area contributed by atoms with E-state index >= 15 is 0 Å². The van der Waals surface area contributed by atoms with E-state index in [4.69, 9.17) is 5.11 Å².